The van der Waals surface area contributed by atoms with Crippen LogP contribution in [0, 0.1) is 5.92 Å². The minimum Gasteiger partial charge on any atom is -0.378 e. The van der Waals surface area contributed by atoms with E-state index in [4.69, 9.17) is 9.47 Å². The molecule has 0 unspecified atom stereocenters. The van der Waals surface area contributed by atoms with Crippen molar-refractivity contribution in [3.8, 4) is 0 Å². The Morgan fingerprint density at radius 2 is 1.84 bits per heavy atom. The average molecular weight is 428 g/mol. The van der Waals surface area contributed by atoms with Crippen LogP contribution >= 0.6 is 0 Å². The summed E-state index contributed by atoms with van der Waals surface area (Å²) in [5.74, 6) is -0.413. The van der Waals surface area contributed by atoms with Crippen LogP contribution in [-0.4, -0.2) is 86.2 Å². The van der Waals surface area contributed by atoms with E-state index in [0.717, 1.165) is 37.9 Å². The molecule has 0 aliphatic carbocycles. The largest absolute Gasteiger partial charge is 0.378 e. The highest BCUT2D eigenvalue weighted by Crippen LogP contribution is 2.35. The number of hydrogen-bond donors (Lipinski definition) is 0. The van der Waals surface area contributed by atoms with Crippen molar-refractivity contribution in [1.29, 1.82) is 0 Å². The van der Waals surface area contributed by atoms with Crippen LogP contribution in [0.1, 0.15) is 46.4 Å². The maximum absolute atomic E-state index is 13.3. The van der Waals surface area contributed by atoms with Gasteiger partial charge in [-0.2, -0.15) is 0 Å². The van der Waals surface area contributed by atoms with Gasteiger partial charge in [0.2, 0.25) is 5.91 Å². The van der Waals surface area contributed by atoms with Crippen molar-refractivity contribution >= 4 is 23.4 Å². The van der Waals surface area contributed by atoms with Gasteiger partial charge in [-0.15, -0.1) is 0 Å². The first-order valence-corrected chi connectivity index (χ1v) is 11.4. The number of hydrogen-bond acceptors (Lipinski definition) is 6. The highest BCUT2D eigenvalue weighted by molar-refractivity contribution is 6.23. The number of anilines is 1. The molecule has 0 spiro atoms. The second kappa shape index (κ2) is 8.59. The molecular formula is C23H29N3O5. The van der Waals surface area contributed by atoms with Crippen LogP contribution < -0.4 is 4.90 Å². The van der Waals surface area contributed by atoms with Crippen molar-refractivity contribution in [2.45, 2.75) is 31.8 Å². The molecule has 2 atom stereocenters. The molecule has 4 aliphatic heterocycles. The average Bonchev–Trinajstić information content (AvgIpc) is 3.42. The van der Waals surface area contributed by atoms with Gasteiger partial charge in [0.25, 0.3) is 11.8 Å². The summed E-state index contributed by atoms with van der Waals surface area (Å²) in [6.07, 6.45) is 3.49. The van der Waals surface area contributed by atoms with Gasteiger partial charge in [-0.3, -0.25) is 19.3 Å². The molecule has 5 rings (SSSR count). The fraction of sp³-hybridized carbons (Fsp3) is 0.609. The molecule has 3 amide bonds. The lowest BCUT2D eigenvalue weighted by atomic mass is 9.94. The molecule has 8 nitrogen and oxygen atoms in total. The van der Waals surface area contributed by atoms with Gasteiger partial charge in [-0.05, 0) is 37.8 Å². The van der Waals surface area contributed by atoms with Crippen LogP contribution in [0.25, 0.3) is 0 Å². The van der Waals surface area contributed by atoms with Crippen LogP contribution in [0.4, 0.5) is 5.69 Å². The number of amides is 3. The maximum atomic E-state index is 13.3. The predicted molar refractivity (Wildman–Crippen MR) is 113 cm³/mol. The van der Waals surface area contributed by atoms with Crippen molar-refractivity contribution in [2.75, 3.05) is 57.4 Å². The summed E-state index contributed by atoms with van der Waals surface area (Å²) < 4.78 is 11.0. The van der Waals surface area contributed by atoms with Crippen LogP contribution in [0.5, 0.6) is 0 Å². The summed E-state index contributed by atoms with van der Waals surface area (Å²) in [5, 5.41) is 0. The number of benzene rings is 1. The van der Waals surface area contributed by atoms with Crippen molar-refractivity contribution in [1.82, 2.24) is 9.80 Å². The fourth-order valence-corrected chi connectivity index (χ4v) is 5.18. The molecule has 3 saturated heterocycles. The van der Waals surface area contributed by atoms with E-state index in [1.54, 1.807) is 6.07 Å². The summed E-state index contributed by atoms with van der Waals surface area (Å²) >= 11 is 0. The van der Waals surface area contributed by atoms with Gasteiger partial charge in [0, 0.05) is 32.8 Å². The van der Waals surface area contributed by atoms with E-state index in [9.17, 15) is 14.4 Å². The molecule has 0 saturated carbocycles. The molecule has 0 N–H and O–H groups in total. The van der Waals surface area contributed by atoms with Gasteiger partial charge < -0.3 is 19.3 Å². The Morgan fingerprint density at radius 1 is 1.00 bits per heavy atom. The number of rotatable bonds is 4. The number of nitrogens with zero attached hydrogens (tertiary/aromatic N) is 3. The third kappa shape index (κ3) is 3.83. The Bertz CT molecular complexity index is 876. The Balaban J connectivity index is 1.35. The molecule has 3 fully saturated rings. The molecule has 0 bridgehead atoms. The summed E-state index contributed by atoms with van der Waals surface area (Å²) in [4.78, 5) is 44.6. The zero-order chi connectivity index (χ0) is 21.4. The Kier molecular flexibility index (Phi) is 5.67. The number of piperidine rings is 1. The Hall–Kier alpha value is -2.45. The van der Waals surface area contributed by atoms with E-state index in [0.29, 0.717) is 57.1 Å². The lowest BCUT2D eigenvalue weighted by Crippen LogP contribution is -2.48. The number of ether oxygens (including phenoxy) is 2. The van der Waals surface area contributed by atoms with Gasteiger partial charge in [-0.25, -0.2) is 0 Å². The third-order valence-corrected chi connectivity index (χ3v) is 6.82. The highest BCUT2D eigenvalue weighted by atomic mass is 16.5. The smallest absolute Gasteiger partial charge is 0.263 e. The minimum absolute atomic E-state index is 0.0730. The second-order valence-corrected chi connectivity index (χ2v) is 8.78. The Labute approximate surface area is 182 Å². The van der Waals surface area contributed by atoms with E-state index in [1.165, 1.54) is 4.90 Å². The quantitative estimate of drug-likeness (QED) is 0.679. The molecule has 0 aromatic heterocycles. The number of imide groups is 1. The molecule has 4 heterocycles. The molecule has 4 aliphatic rings. The molecule has 0 radical (unpaired) electrons. The van der Waals surface area contributed by atoms with E-state index in [2.05, 4.69) is 4.90 Å². The number of carbonyl (C=O) groups is 3. The van der Waals surface area contributed by atoms with E-state index < -0.39 is 0 Å². The van der Waals surface area contributed by atoms with Gasteiger partial charge in [0.1, 0.15) is 0 Å². The number of carbonyl (C=O) groups excluding carboxylic acids is 3. The fourth-order valence-electron chi connectivity index (χ4n) is 5.18. The minimum atomic E-state index is -0.243. The number of morpholine rings is 1. The first-order chi connectivity index (χ1) is 15.1. The van der Waals surface area contributed by atoms with Crippen molar-refractivity contribution < 1.29 is 23.9 Å². The second-order valence-electron chi connectivity index (χ2n) is 8.78. The van der Waals surface area contributed by atoms with Gasteiger partial charge >= 0.3 is 0 Å². The standard InChI is InChI=1S/C23H29N3O5/c27-21(24-9-12-30-13-10-24)16-4-2-8-25(14-16)19-7-1-6-18-20(19)23(29)26(22(18)28)15-17-5-3-11-31-17/h1,6-7,16-17H,2-5,8-15H2/t16-,17+/m0/s1. The molecule has 1 aromatic carbocycles. The Morgan fingerprint density at radius 3 is 2.61 bits per heavy atom. The van der Waals surface area contributed by atoms with E-state index in [-0.39, 0.29) is 29.7 Å². The van der Waals surface area contributed by atoms with Crippen LogP contribution in [-0.2, 0) is 14.3 Å². The topological polar surface area (TPSA) is 79.4 Å². The van der Waals surface area contributed by atoms with Crippen LogP contribution in [0.15, 0.2) is 18.2 Å². The van der Waals surface area contributed by atoms with E-state index in [1.807, 2.05) is 17.0 Å². The monoisotopic (exact) mass is 427 g/mol. The summed E-state index contributed by atoms with van der Waals surface area (Å²) in [6, 6.07) is 5.47. The maximum Gasteiger partial charge on any atom is 0.263 e. The molecule has 31 heavy (non-hydrogen) atoms. The normalized spacial score (nSPS) is 26.5. The first-order valence-electron chi connectivity index (χ1n) is 11.4. The van der Waals surface area contributed by atoms with Crippen molar-refractivity contribution in [3.05, 3.63) is 29.3 Å². The molecule has 1 aromatic rings. The lowest BCUT2D eigenvalue weighted by molar-refractivity contribution is -0.139. The SMILES string of the molecule is O=C([C@H]1CCCN(c2cccc3c2C(=O)N(C[C@H]2CCCO2)C3=O)C1)N1CCOCC1. The molecule has 166 valence electrons. The number of fused-ring (bicyclic) bond motifs is 1. The van der Waals surface area contributed by atoms with Crippen LogP contribution in [0.2, 0.25) is 0 Å². The predicted octanol–water partition coefficient (Wildman–Crippen LogP) is 1.54. The highest BCUT2D eigenvalue weighted by Gasteiger charge is 2.41. The van der Waals surface area contributed by atoms with Gasteiger partial charge in [-0.1, -0.05) is 6.07 Å². The third-order valence-electron chi connectivity index (χ3n) is 6.82. The lowest BCUT2D eigenvalue weighted by Gasteiger charge is -2.37. The van der Waals surface area contributed by atoms with E-state index >= 15 is 0 Å². The zero-order valence-corrected chi connectivity index (χ0v) is 17.8. The van der Waals surface area contributed by atoms with Crippen molar-refractivity contribution in [2.24, 2.45) is 5.92 Å². The zero-order valence-electron chi connectivity index (χ0n) is 17.8. The van der Waals surface area contributed by atoms with Gasteiger partial charge in [0.15, 0.2) is 0 Å². The van der Waals surface area contributed by atoms with Crippen molar-refractivity contribution in [3.63, 3.8) is 0 Å². The summed E-state index contributed by atoms with van der Waals surface area (Å²) in [5.41, 5.74) is 1.71. The first kappa shape index (κ1) is 20.5. The summed E-state index contributed by atoms with van der Waals surface area (Å²) in [6.45, 7) is 4.80. The molecular weight excluding hydrogens is 398 g/mol. The summed E-state index contributed by atoms with van der Waals surface area (Å²) in [7, 11) is 0. The molecule has 8 heteroatoms. The van der Waals surface area contributed by atoms with Gasteiger partial charge in [0.05, 0.1) is 48.6 Å². The van der Waals surface area contributed by atoms with Crippen LogP contribution in [0.3, 0.4) is 0 Å².